The molecule has 1 saturated heterocycles. The van der Waals surface area contributed by atoms with Crippen LogP contribution in [-0.4, -0.2) is 48.4 Å². The number of carbonyl (C=O) groups excluding carboxylic acids is 1. The predicted molar refractivity (Wildman–Crippen MR) is 102 cm³/mol. The second kappa shape index (κ2) is 8.23. The van der Waals surface area contributed by atoms with Gasteiger partial charge in [0, 0.05) is 35.7 Å². The maximum absolute atomic E-state index is 13.2. The number of nitrogens with zero attached hydrogens (tertiary/aromatic N) is 2. The molecule has 0 N–H and O–H groups in total. The van der Waals surface area contributed by atoms with Crippen LogP contribution in [0.4, 0.5) is 0 Å². The molecule has 1 amide bonds. The third-order valence-electron chi connectivity index (χ3n) is 4.38. The number of fused-ring (bicyclic) bond motifs is 1. The van der Waals surface area contributed by atoms with Crippen LogP contribution in [0.3, 0.4) is 0 Å². The van der Waals surface area contributed by atoms with E-state index in [9.17, 15) is 4.79 Å². The zero-order chi connectivity index (χ0) is 16.9. The Morgan fingerprint density at radius 3 is 3.04 bits per heavy atom. The summed E-state index contributed by atoms with van der Waals surface area (Å²) in [7, 11) is 5.06. The van der Waals surface area contributed by atoms with Crippen molar-refractivity contribution in [3.8, 4) is 0 Å². The number of methoxy groups -OCH3 is 1. The molecule has 4 nitrogen and oxygen atoms in total. The molecule has 1 aliphatic rings. The molecule has 1 aromatic carbocycles. The number of hydrogen-bond acceptors (Lipinski definition) is 5. The summed E-state index contributed by atoms with van der Waals surface area (Å²) in [6, 6.07) is 8.02. The standard InChI is InChI=1S/C18H22N2O2S2/c1-22-12-13-6-3-4-11-20(13)18(21)15-8-9-16(24-23-2)17-14(15)7-5-10-19-17/h5,7-10,13H,3-4,6,11-12H2,1-2H3. The molecule has 0 radical (unpaired) electrons. The van der Waals surface area contributed by atoms with Crippen LogP contribution in [0.5, 0.6) is 0 Å². The summed E-state index contributed by atoms with van der Waals surface area (Å²) in [6.07, 6.45) is 7.05. The van der Waals surface area contributed by atoms with Gasteiger partial charge in [-0.1, -0.05) is 27.7 Å². The van der Waals surface area contributed by atoms with E-state index in [1.54, 1.807) is 34.9 Å². The largest absolute Gasteiger partial charge is 0.383 e. The monoisotopic (exact) mass is 362 g/mol. The van der Waals surface area contributed by atoms with E-state index in [2.05, 4.69) is 4.98 Å². The molecule has 6 heteroatoms. The van der Waals surface area contributed by atoms with E-state index in [0.29, 0.717) is 6.61 Å². The first-order chi connectivity index (χ1) is 11.8. The molecule has 0 saturated carbocycles. The predicted octanol–water partition coefficient (Wildman–Crippen LogP) is 4.25. The molecule has 3 rings (SSSR count). The van der Waals surface area contributed by atoms with Crippen LogP contribution in [0, 0.1) is 0 Å². The van der Waals surface area contributed by atoms with E-state index < -0.39 is 0 Å². The molecule has 2 aromatic rings. The van der Waals surface area contributed by atoms with E-state index in [0.717, 1.165) is 47.2 Å². The summed E-state index contributed by atoms with van der Waals surface area (Å²) in [5.41, 5.74) is 1.65. The number of hydrogen-bond donors (Lipinski definition) is 0. The van der Waals surface area contributed by atoms with Gasteiger partial charge in [0.15, 0.2) is 0 Å². The Hall–Kier alpha value is -1.24. The Morgan fingerprint density at radius 1 is 1.38 bits per heavy atom. The molecule has 1 unspecified atom stereocenters. The lowest BCUT2D eigenvalue weighted by atomic mass is 10.00. The highest BCUT2D eigenvalue weighted by Crippen LogP contribution is 2.35. The van der Waals surface area contributed by atoms with Crippen LogP contribution < -0.4 is 0 Å². The topological polar surface area (TPSA) is 42.4 Å². The van der Waals surface area contributed by atoms with Gasteiger partial charge < -0.3 is 9.64 Å². The quantitative estimate of drug-likeness (QED) is 0.744. The summed E-state index contributed by atoms with van der Waals surface area (Å²) < 4.78 is 5.32. The minimum atomic E-state index is 0.0930. The molecule has 1 atom stereocenters. The lowest BCUT2D eigenvalue weighted by Crippen LogP contribution is -2.46. The average molecular weight is 363 g/mol. The number of pyridine rings is 1. The zero-order valence-corrected chi connectivity index (χ0v) is 15.7. The Labute approximate surface area is 150 Å². The van der Waals surface area contributed by atoms with Crippen LogP contribution in [0.1, 0.15) is 29.6 Å². The second-order valence-electron chi connectivity index (χ2n) is 5.86. The first kappa shape index (κ1) is 17.6. The Morgan fingerprint density at radius 2 is 2.25 bits per heavy atom. The summed E-state index contributed by atoms with van der Waals surface area (Å²) in [5, 5.41) is 0.934. The van der Waals surface area contributed by atoms with Crippen molar-refractivity contribution < 1.29 is 9.53 Å². The molecule has 0 spiro atoms. The molecule has 1 aliphatic heterocycles. The molecule has 0 aliphatic carbocycles. The van der Waals surface area contributed by atoms with Crippen LogP contribution in [-0.2, 0) is 4.74 Å². The smallest absolute Gasteiger partial charge is 0.254 e. The van der Waals surface area contributed by atoms with Crippen LogP contribution in [0.2, 0.25) is 0 Å². The van der Waals surface area contributed by atoms with Crippen molar-refractivity contribution in [2.24, 2.45) is 0 Å². The fourth-order valence-electron chi connectivity index (χ4n) is 3.28. The van der Waals surface area contributed by atoms with Gasteiger partial charge in [-0.05, 0) is 43.7 Å². The first-order valence-electron chi connectivity index (χ1n) is 8.14. The average Bonchev–Trinajstić information content (AvgIpc) is 2.62. The fraction of sp³-hybridized carbons (Fsp3) is 0.444. The summed E-state index contributed by atoms with van der Waals surface area (Å²) in [4.78, 5) is 20.8. The van der Waals surface area contributed by atoms with Gasteiger partial charge in [0.05, 0.1) is 18.2 Å². The number of carbonyl (C=O) groups is 1. The van der Waals surface area contributed by atoms with E-state index in [-0.39, 0.29) is 11.9 Å². The number of amides is 1. The second-order valence-corrected chi connectivity index (χ2v) is 8.30. The first-order valence-corrected chi connectivity index (χ1v) is 10.7. The minimum Gasteiger partial charge on any atom is -0.383 e. The third kappa shape index (κ3) is 3.55. The minimum absolute atomic E-state index is 0.0930. The van der Waals surface area contributed by atoms with Crippen molar-refractivity contribution >= 4 is 38.4 Å². The lowest BCUT2D eigenvalue weighted by Gasteiger charge is -2.35. The molecule has 1 aromatic heterocycles. The number of aromatic nitrogens is 1. The maximum atomic E-state index is 13.2. The van der Waals surface area contributed by atoms with Crippen LogP contribution in [0.25, 0.3) is 10.9 Å². The molecule has 0 bridgehead atoms. The number of benzene rings is 1. The van der Waals surface area contributed by atoms with E-state index in [1.165, 1.54) is 0 Å². The van der Waals surface area contributed by atoms with Gasteiger partial charge in [-0.3, -0.25) is 9.78 Å². The Kier molecular flexibility index (Phi) is 6.03. The number of rotatable bonds is 5. The van der Waals surface area contributed by atoms with Gasteiger partial charge in [0.2, 0.25) is 0 Å². The van der Waals surface area contributed by atoms with Gasteiger partial charge in [0.1, 0.15) is 0 Å². The van der Waals surface area contributed by atoms with E-state index >= 15 is 0 Å². The Balaban J connectivity index is 1.99. The normalized spacial score (nSPS) is 18.1. The molecule has 24 heavy (non-hydrogen) atoms. The van der Waals surface area contributed by atoms with Crippen molar-refractivity contribution in [1.82, 2.24) is 9.88 Å². The lowest BCUT2D eigenvalue weighted by molar-refractivity contribution is 0.0430. The highest BCUT2D eigenvalue weighted by Gasteiger charge is 2.28. The van der Waals surface area contributed by atoms with Crippen molar-refractivity contribution in [2.75, 3.05) is 26.5 Å². The summed E-state index contributed by atoms with van der Waals surface area (Å²) >= 11 is 0. The fourth-order valence-corrected chi connectivity index (χ4v) is 4.77. The summed E-state index contributed by atoms with van der Waals surface area (Å²) in [5.74, 6) is 0.0930. The highest BCUT2D eigenvalue weighted by molar-refractivity contribution is 8.76. The van der Waals surface area contributed by atoms with Gasteiger partial charge >= 0.3 is 0 Å². The van der Waals surface area contributed by atoms with Gasteiger partial charge in [-0.15, -0.1) is 0 Å². The molecule has 1 fully saturated rings. The third-order valence-corrected chi connectivity index (χ3v) is 6.10. The Bertz CT molecular complexity index is 721. The van der Waals surface area contributed by atoms with Gasteiger partial charge in [-0.2, -0.15) is 0 Å². The number of ether oxygens (including phenoxy) is 1. The van der Waals surface area contributed by atoms with Gasteiger partial charge in [0.25, 0.3) is 5.91 Å². The molecular weight excluding hydrogens is 340 g/mol. The van der Waals surface area contributed by atoms with Crippen molar-refractivity contribution in [3.63, 3.8) is 0 Å². The van der Waals surface area contributed by atoms with Crippen molar-refractivity contribution in [2.45, 2.75) is 30.2 Å². The molecule has 128 valence electrons. The zero-order valence-electron chi connectivity index (χ0n) is 14.0. The van der Waals surface area contributed by atoms with Gasteiger partial charge in [-0.25, -0.2) is 0 Å². The SMILES string of the molecule is COCC1CCCCN1C(=O)c1ccc(SSC)c2ncccc12. The summed E-state index contributed by atoms with van der Waals surface area (Å²) in [6.45, 7) is 1.40. The van der Waals surface area contributed by atoms with Crippen molar-refractivity contribution in [3.05, 3.63) is 36.0 Å². The molecule has 2 heterocycles. The van der Waals surface area contributed by atoms with Crippen molar-refractivity contribution in [1.29, 1.82) is 0 Å². The highest BCUT2D eigenvalue weighted by atomic mass is 33.1. The molecular formula is C18H22N2O2S2. The maximum Gasteiger partial charge on any atom is 0.254 e. The number of likely N-dealkylation sites (tertiary alicyclic amines) is 1. The van der Waals surface area contributed by atoms with Crippen LogP contribution in [0.15, 0.2) is 35.4 Å². The van der Waals surface area contributed by atoms with E-state index in [4.69, 9.17) is 4.74 Å². The van der Waals surface area contributed by atoms with E-state index in [1.807, 2.05) is 35.4 Å². The number of piperidine rings is 1. The van der Waals surface area contributed by atoms with Crippen LogP contribution >= 0.6 is 21.6 Å².